The molecule has 120 valence electrons. The van der Waals surface area contributed by atoms with E-state index in [-0.39, 0.29) is 0 Å². The van der Waals surface area contributed by atoms with Gasteiger partial charge in [-0.3, -0.25) is 0 Å². The molecule has 0 aliphatic carbocycles. The van der Waals surface area contributed by atoms with Crippen LogP contribution in [0.25, 0.3) is 0 Å². The van der Waals surface area contributed by atoms with E-state index >= 15 is 0 Å². The molecule has 1 N–H and O–H groups in total. The van der Waals surface area contributed by atoms with Crippen molar-refractivity contribution in [1.29, 1.82) is 0 Å². The summed E-state index contributed by atoms with van der Waals surface area (Å²) in [5.41, 5.74) is 1.64. The van der Waals surface area contributed by atoms with Crippen molar-refractivity contribution >= 4 is 34.9 Å². The Labute approximate surface area is 143 Å². The number of benzene rings is 2. The lowest BCUT2D eigenvalue weighted by Gasteiger charge is -2.15. The minimum Gasteiger partial charge on any atom is -0.493 e. The van der Waals surface area contributed by atoms with Crippen LogP contribution in [0.3, 0.4) is 0 Å². The number of rotatable bonds is 4. The van der Waals surface area contributed by atoms with Crippen LogP contribution in [0.2, 0.25) is 10.0 Å². The number of hydrogen-bond acceptors (Lipinski definition) is 5. The van der Waals surface area contributed by atoms with E-state index in [2.05, 4.69) is 5.32 Å². The molecule has 3 rings (SSSR count). The van der Waals surface area contributed by atoms with E-state index in [9.17, 15) is 4.79 Å². The highest BCUT2D eigenvalue weighted by atomic mass is 35.5. The Kier molecular flexibility index (Phi) is 4.24. The van der Waals surface area contributed by atoms with E-state index in [1.165, 1.54) is 14.2 Å². The van der Waals surface area contributed by atoms with Gasteiger partial charge in [-0.25, -0.2) is 4.79 Å². The topological polar surface area (TPSA) is 56.8 Å². The van der Waals surface area contributed by atoms with Crippen molar-refractivity contribution in [3.63, 3.8) is 0 Å². The molecule has 2 aromatic carbocycles. The maximum atomic E-state index is 12.2. The minimum absolute atomic E-state index is 0.345. The number of carbonyl (C=O) groups excluding carboxylic acids is 1. The first-order valence-corrected chi connectivity index (χ1v) is 7.47. The predicted octanol–water partition coefficient (Wildman–Crippen LogP) is 4.29. The third kappa shape index (κ3) is 2.90. The normalized spacial score (nSPS) is 15.8. The SMILES string of the molecule is COc1ccc2c(c1OC)C(=O)O[C@H]2Nc1cc(Cl)cc(Cl)c1. The lowest BCUT2D eigenvalue weighted by atomic mass is 10.1. The van der Waals surface area contributed by atoms with Gasteiger partial charge in [0, 0.05) is 21.3 Å². The molecule has 0 unspecified atom stereocenters. The maximum absolute atomic E-state index is 12.2. The molecule has 0 bridgehead atoms. The molecule has 1 atom stereocenters. The first-order chi connectivity index (χ1) is 11.0. The molecule has 2 aromatic rings. The van der Waals surface area contributed by atoms with Crippen molar-refractivity contribution in [3.05, 3.63) is 51.5 Å². The predicted molar refractivity (Wildman–Crippen MR) is 87.8 cm³/mol. The third-order valence-electron chi connectivity index (χ3n) is 3.45. The first kappa shape index (κ1) is 15.8. The summed E-state index contributed by atoms with van der Waals surface area (Å²) in [6.45, 7) is 0. The molecule has 0 saturated heterocycles. The van der Waals surface area contributed by atoms with Crippen LogP contribution in [0.15, 0.2) is 30.3 Å². The van der Waals surface area contributed by atoms with Crippen LogP contribution in [-0.4, -0.2) is 20.2 Å². The second kappa shape index (κ2) is 6.18. The van der Waals surface area contributed by atoms with Gasteiger partial charge in [0.05, 0.1) is 14.2 Å². The molecule has 1 aliphatic heterocycles. The molecule has 0 amide bonds. The second-order valence-electron chi connectivity index (χ2n) is 4.85. The number of anilines is 1. The second-order valence-corrected chi connectivity index (χ2v) is 5.73. The van der Waals surface area contributed by atoms with Crippen LogP contribution in [0.1, 0.15) is 22.1 Å². The van der Waals surface area contributed by atoms with E-state index in [0.717, 1.165) is 0 Å². The average molecular weight is 354 g/mol. The van der Waals surface area contributed by atoms with E-state index < -0.39 is 12.2 Å². The summed E-state index contributed by atoms with van der Waals surface area (Å²) in [5.74, 6) is 0.333. The van der Waals surface area contributed by atoms with E-state index in [4.69, 9.17) is 37.4 Å². The lowest BCUT2D eigenvalue weighted by molar-refractivity contribution is 0.0435. The van der Waals surface area contributed by atoms with Crippen molar-refractivity contribution in [3.8, 4) is 11.5 Å². The molecular weight excluding hydrogens is 341 g/mol. The van der Waals surface area contributed by atoms with Gasteiger partial charge in [0.25, 0.3) is 0 Å². The largest absolute Gasteiger partial charge is 0.493 e. The molecule has 0 aromatic heterocycles. The molecule has 0 fully saturated rings. The summed E-state index contributed by atoms with van der Waals surface area (Å²) in [6, 6.07) is 8.49. The van der Waals surface area contributed by atoms with Gasteiger partial charge in [-0.2, -0.15) is 0 Å². The fourth-order valence-corrected chi connectivity index (χ4v) is 3.02. The molecule has 0 saturated carbocycles. The number of fused-ring (bicyclic) bond motifs is 1. The van der Waals surface area contributed by atoms with Gasteiger partial charge in [-0.15, -0.1) is 0 Å². The molecule has 0 radical (unpaired) electrons. The van der Waals surface area contributed by atoms with Gasteiger partial charge >= 0.3 is 5.97 Å². The van der Waals surface area contributed by atoms with Crippen molar-refractivity contribution in [2.24, 2.45) is 0 Å². The zero-order valence-electron chi connectivity index (χ0n) is 12.4. The zero-order chi connectivity index (χ0) is 16.6. The molecule has 5 nitrogen and oxygen atoms in total. The highest BCUT2D eigenvalue weighted by Gasteiger charge is 2.35. The van der Waals surface area contributed by atoms with Crippen LogP contribution >= 0.6 is 23.2 Å². The van der Waals surface area contributed by atoms with Crippen molar-refractivity contribution in [2.45, 2.75) is 6.23 Å². The summed E-state index contributed by atoms with van der Waals surface area (Å²) in [5, 5.41) is 4.06. The van der Waals surface area contributed by atoms with Gasteiger partial charge in [-0.05, 0) is 30.3 Å². The van der Waals surface area contributed by atoms with Crippen LogP contribution in [0.4, 0.5) is 5.69 Å². The number of ether oxygens (including phenoxy) is 3. The number of hydrogen-bond donors (Lipinski definition) is 1. The van der Waals surface area contributed by atoms with Crippen LogP contribution < -0.4 is 14.8 Å². The van der Waals surface area contributed by atoms with Gasteiger partial charge < -0.3 is 19.5 Å². The number of nitrogens with one attached hydrogen (secondary N) is 1. The van der Waals surface area contributed by atoms with Gasteiger partial charge in [-0.1, -0.05) is 23.2 Å². The summed E-state index contributed by atoms with van der Waals surface area (Å²) in [6.07, 6.45) is -0.660. The van der Waals surface area contributed by atoms with Crippen LogP contribution in [0, 0.1) is 0 Å². The standard InChI is InChI=1S/C16H13Cl2NO4/c1-21-12-4-3-11-13(14(12)22-2)16(20)23-15(11)19-10-6-8(17)5-9(18)7-10/h3-7,15,19H,1-2H3/t15-/m1/s1. The Morgan fingerprint density at radius 1 is 1.09 bits per heavy atom. The average Bonchev–Trinajstić information content (AvgIpc) is 2.81. The highest BCUT2D eigenvalue weighted by Crippen LogP contribution is 2.42. The Balaban J connectivity index is 1.98. The minimum atomic E-state index is -0.660. The van der Waals surface area contributed by atoms with Crippen molar-refractivity contribution in [1.82, 2.24) is 0 Å². The summed E-state index contributed by atoms with van der Waals surface area (Å²) in [4.78, 5) is 12.2. The van der Waals surface area contributed by atoms with Gasteiger partial charge in [0.15, 0.2) is 11.5 Å². The summed E-state index contributed by atoms with van der Waals surface area (Å²) < 4.78 is 15.9. The Hall–Kier alpha value is -2.11. The van der Waals surface area contributed by atoms with Gasteiger partial charge in [0.2, 0.25) is 6.23 Å². The number of methoxy groups -OCH3 is 2. The highest BCUT2D eigenvalue weighted by molar-refractivity contribution is 6.35. The number of cyclic esters (lactones) is 1. The quantitative estimate of drug-likeness (QED) is 0.830. The van der Waals surface area contributed by atoms with E-state index in [1.54, 1.807) is 30.3 Å². The van der Waals surface area contributed by atoms with Crippen LogP contribution in [0.5, 0.6) is 11.5 Å². The zero-order valence-corrected chi connectivity index (χ0v) is 13.9. The molecular formula is C16H13Cl2NO4. The monoisotopic (exact) mass is 353 g/mol. The number of esters is 1. The Morgan fingerprint density at radius 3 is 2.39 bits per heavy atom. The third-order valence-corrected chi connectivity index (χ3v) is 3.89. The fraction of sp³-hybridized carbons (Fsp3) is 0.188. The Bertz CT molecular complexity index is 759. The fourth-order valence-electron chi connectivity index (χ4n) is 2.50. The molecule has 1 heterocycles. The number of halogens is 2. The van der Waals surface area contributed by atoms with Gasteiger partial charge in [0.1, 0.15) is 5.56 Å². The smallest absolute Gasteiger partial charge is 0.344 e. The van der Waals surface area contributed by atoms with Crippen molar-refractivity contribution in [2.75, 3.05) is 19.5 Å². The molecule has 7 heteroatoms. The van der Waals surface area contributed by atoms with E-state index in [1.807, 2.05) is 0 Å². The number of carbonyl (C=O) groups is 1. The first-order valence-electron chi connectivity index (χ1n) is 6.72. The Morgan fingerprint density at radius 2 is 1.78 bits per heavy atom. The lowest BCUT2D eigenvalue weighted by Crippen LogP contribution is -2.10. The van der Waals surface area contributed by atoms with Crippen molar-refractivity contribution < 1.29 is 19.0 Å². The molecule has 0 spiro atoms. The summed E-state index contributed by atoms with van der Waals surface area (Å²) in [7, 11) is 2.98. The summed E-state index contributed by atoms with van der Waals surface area (Å²) >= 11 is 12.0. The molecule has 23 heavy (non-hydrogen) atoms. The molecule has 1 aliphatic rings. The van der Waals surface area contributed by atoms with Crippen LogP contribution in [-0.2, 0) is 4.74 Å². The maximum Gasteiger partial charge on any atom is 0.344 e. The van der Waals surface area contributed by atoms with E-state index in [0.29, 0.717) is 38.4 Å².